The van der Waals surface area contributed by atoms with Crippen molar-refractivity contribution in [3.8, 4) is 0 Å². The van der Waals surface area contributed by atoms with Crippen LogP contribution in [0.1, 0.15) is 11.4 Å². The summed E-state index contributed by atoms with van der Waals surface area (Å²) in [4.78, 5) is 6.00. The fourth-order valence-corrected chi connectivity index (χ4v) is 1.07. The summed E-state index contributed by atoms with van der Waals surface area (Å²) in [7, 11) is 0. The predicted octanol–water partition coefficient (Wildman–Crippen LogP) is 2.17. The summed E-state index contributed by atoms with van der Waals surface area (Å²) in [5.41, 5.74) is 2.10. The van der Waals surface area contributed by atoms with Crippen LogP contribution in [0.15, 0.2) is 61.9 Å². The van der Waals surface area contributed by atoms with Gasteiger partial charge in [-0.15, -0.1) is 0 Å². The second kappa shape index (κ2) is 9.00. The zero-order valence-electron chi connectivity index (χ0n) is 9.60. The summed E-state index contributed by atoms with van der Waals surface area (Å²) in [5.74, 6) is 0. The highest BCUT2D eigenvalue weighted by Gasteiger charge is 1.86. The van der Waals surface area contributed by atoms with Gasteiger partial charge in [0.05, 0.1) is 0 Å². The van der Waals surface area contributed by atoms with Crippen molar-refractivity contribution < 1.29 is 15.4 Å². The summed E-state index contributed by atoms with van der Waals surface area (Å²) in [6.45, 7) is 7.20. The summed E-state index contributed by atoms with van der Waals surface area (Å²) in [6.07, 6.45) is 7.30. The second-order valence-corrected chi connectivity index (χ2v) is 3.04. The monoisotopic (exact) mass is 228 g/mol. The van der Waals surface area contributed by atoms with Gasteiger partial charge in [-0.3, -0.25) is 0 Å². The van der Waals surface area contributed by atoms with Crippen molar-refractivity contribution in [3.05, 3.63) is 73.3 Å². The number of nitrogens with one attached hydrogen (secondary N) is 2. The van der Waals surface area contributed by atoms with Crippen LogP contribution in [-0.2, 0) is 5.48 Å². The van der Waals surface area contributed by atoms with Gasteiger partial charge in [0.1, 0.15) is 0 Å². The van der Waals surface area contributed by atoms with E-state index in [-0.39, 0.29) is 5.48 Å². The lowest BCUT2D eigenvalue weighted by atomic mass is 10.4. The Kier molecular flexibility index (Phi) is 7.80. The summed E-state index contributed by atoms with van der Waals surface area (Å²) >= 11 is 0. The Bertz CT molecular complexity index is 383. The molecule has 0 amide bonds. The van der Waals surface area contributed by atoms with Gasteiger partial charge in [-0.1, -0.05) is 13.2 Å². The summed E-state index contributed by atoms with van der Waals surface area (Å²) < 4.78 is 0. The lowest BCUT2D eigenvalue weighted by molar-refractivity contribution is -0.381. The van der Waals surface area contributed by atoms with Crippen molar-refractivity contribution in [2.45, 2.75) is 0 Å². The minimum Gasteiger partial charge on any atom is -2.00 e. The van der Waals surface area contributed by atoms with Gasteiger partial charge in [0.2, 0.25) is 11.4 Å². The second-order valence-electron chi connectivity index (χ2n) is 3.04. The molecule has 0 radical (unpaired) electrons. The third kappa shape index (κ3) is 6.02. The van der Waals surface area contributed by atoms with Gasteiger partial charge in [-0.2, -0.15) is 0 Å². The summed E-state index contributed by atoms with van der Waals surface area (Å²) in [5, 5.41) is 0. The first-order valence-corrected chi connectivity index (χ1v) is 5.05. The van der Waals surface area contributed by atoms with Crippen LogP contribution in [0.2, 0.25) is 0 Å². The van der Waals surface area contributed by atoms with Crippen molar-refractivity contribution >= 4 is 12.2 Å². The molecule has 0 aliphatic carbocycles. The van der Waals surface area contributed by atoms with Gasteiger partial charge >= 0.3 is 0 Å². The molecule has 3 nitrogen and oxygen atoms in total. The lowest BCUT2D eigenvalue weighted by Crippen LogP contribution is -2.03. The smallest absolute Gasteiger partial charge is 0.202 e. The van der Waals surface area contributed by atoms with Gasteiger partial charge in [0, 0.05) is 36.4 Å². The van der Waals surface area contributed by atoms with Crippen LogP contribution >= 0.6 is 0 Å². The van der Waals surface area contributed by atoms with Crippen molar-refractivity contribution in [1.82, 2.24) is 0 Å². The van der Waals surface area contributed by atoms with Crippen LogP contribution in [0, 0.1) is 0 Å². The zero-order chi connectivity index (χ0) is 11.6. The van der Waals surface area contributed by atoms with Gasteiger partial charge in [-0.05, 0) is 12.1 Å². The van der Waals surface area contributed by atoms with E-state index in [0.717, 1.165) is 11.4 Å². The van der Waals surface area contributed by atoms with Crippen LogP contribution in [0.3, 0.4) is 0 Å². The van der Waals surface area contributed by atoms with E-state index in [9.17, 15) is 0 Å². The van der Waals surface area contributed by atoms with Gasteiger partial charge in [0.15, 0.2) is 12.4 Å². The highest BCUT2D eigenvalue weighted by atomic mass is 16.0. The molecule has 2 aromatic rings. The Balaban J connectivity index is 0.000000284. The first-order chi connectivity index (χ1) is 7.86. The minimum atomic E-state index is 0. The Morgan fingerprint density at radius 1 is 0.765 bits per heavy atom. The molecule has 0 saturated heterocycles. The van der Waals surface area contributed by atoms with Gasteiger partial charge in [-0.25, -0.2) is 9.97 Å². The molecular formula is C14H16N2O. The van der Waals surface area contributed by atoms with Crippen LogP contribution in [-0.4, -0.2) is 0 Å². The first kappa shape index (κ1) is 14.7. The number of hydrogen-bond acceptors (Lipinski definition) is 0. The molecule has 88 valence electrons. The maximum atomic E-state index is 3.60. The number of pyridine rings is 2. The molecule has 0 saturated carbocycles. The fraction of sp³-hybridized carbons (Fsp3) is 0. The van der Waals surface area contributed by atoms with Crippen LogP contribution in [0.5, 0.6) is 0 Å². The molecule has 0 spiro atoms. The van der Waals surface area contributed by atoms with E-state index in [2.05, 4.69) is 23.1 Å². The molecular weight excluding hydrogens is 212 g/mol. The van der Waals surface area contributed by atoms with E-state index >= 15 is 0 Å². The maximum Gasteiger partial charge on any atom is 0.202 e. The molecule has 2 aromatic heterocycles. The SMILES string of the molecule is C=Cc1cccc[nH+]1.C=Cc1cccc[nH+]1.[O-2]. The number of hydrogen-bond donors (Lipinski definition) is 0. The number of aromatic amines is 2. The predicted molar refractivity (Wildman–Crippen MR) is 66.9 cm³/mol. The van der Waals surface area contributed by atoms with E-state index in [0.29, 0.717) is 0 Å². The van der Waals surface area contributed by atoms with E-state index in [1.807, 2.05) is 48.8 Å². The van der Waals surface area contributed by atoms with Crippen LogP contribution < -0.4 is 9.97 Å². The standard InChI is InChI=1S/2C7H7N.O/c2*1-2-7-5-3-4-6-8-7;/h2*2-6H,1H2;/q;;-2/p+2. The van der Waals surface area contributed by atoms with E-state index in [1.165, 1.54) is 0 Å². The Morgan fingerprint density at radius 3 is 1.35 bits per heavy atom. The zero-order valence-corrected chi connectivity index (χ0v) is 9.60. The average Bonchev–Trinajstić information content (AvgIpc) is 2.41. The number of H-pyrrole nitrogens is 2. The summed E-state index contributed by atoms with van der Waals surface area (Å²) in [6, 6.07) is 11.7. The van der Waals surface area contributed by atoms with Crippen LogP contribution in [0.4, 0.5) is 0 Å². The molecule has 0 fully saturated rings. The largest absolute Gasteiger partial charge is 2.00 e. The number of aromatic nitrogens is 2. The minimum absolute atomic E-state index is 0. The Labute approximate surface area is 101 Å². The average molecular weight is 228 g/mol. The maximum absolute atomic E-state index is 3.60. The molecule has 0 unspecified atom stereocenters. The van der Waals surface area contributed by atoms with E-state index < -0.39 is 0 Å². The van der Waals surface area contributed by atoms with Gasteiger partial charge in [0.25, 0.3) is 0 Å². The molecule has 0 aromatic carbocycles. The van der Waals surface area contributed by atoms with Gasteiger partial charge < -0.3 is 5.48 Å². The van der Waals surface area contributed by atoms with Crippen LogP contribution in [0.25, 0.3) is 12.2 Å². The molecule has 2 rings (SSSR count). The molecule has 0 bridgehead atoms. The number of rotatable bonds is 2. The molecule has 0 aliphatic rings. The molecule has 0 aliphatic heterocycles. The fourth-order valence-electron chi connectivity index (χ4n) is 1.07. The molecule has 3 heteroatoms. The highest BCUT2D eigenvalue weighted by molar-refractivity contribution is 5.36. The lowest BCUT2D eigenvalue weighted by Gasteiger charge is -2.00. The molecule has 0 atom stereocenters. The highest BCUT2D eigenvalue weighted by Crippen LogP contribution is 1.87. The topological polar surface area (TPSA) is 56.8 Å². The van der Waals surface area contributed by atoms with E-state index in [4.69, 9.17) is 0 Å². The quantitative estimate of drug-likeness (QED) is 0.756. The Hall–Kier alpha value is -2.26. The third-order valence-electron chi connectivity index (χ3n) is 1.91. The van der Waals surface area contributed by atoms with E-state index in [1.54, 1.807) is 12.2 Å². The third-order valence-corrected chi connectivity index (χ3v) is 1.91. The van der Waals surface area contributed by atoms with Crippen molar-refractivity contribution in [1.29, 1.82) is 0 Å². The van der Waals surface area contributed by atoms with Crippen molar-refractivity contribution in [2.75, 3.05) is 0 Å². The normalized spacial score (nSPS) is 8.00. The van der Waals surface area contributed by atoms with Crippen molar-refractivity contribution in [3.63, 3.8) is 0 Å². The molecule has 17 heavy (non-hydrogen) atoms. The molecule has 2 N–H and O–H groups in total. The Morgan fingerprint density at radius 2 is 1.18 bits per heavy atom. The first-order valence-electron chi connectivity index (χ1n) is 5.05. The van der Waals surface area contributed by atoms with Crippen molar-refractivity contribution in [2.24, 2.45) is 0 Å². The molecule has 2 heterocycles.